The number of halogens is 3. The molecule has 0 saturated heterocycles. The average Bonchev–Trinajstić information content (AvgIpc) is 2.62. The van der Waals surface area contributed by atoms with Gasteiger partial charge in [-0.3, -0.25) is 9.59 Å². The zero-order valence-corrected chi connectivity index (χ0v) is 14.5. The first kappa shape index (κ1) is 18.7. The molecule has 0 fully saturated rings. The standard InChI is InChI=1S/C20H17F3N2O2/c1-13(16-8-4-6-14-5-2-3-7-17(14)16)24-18(26)12-25-11-15(20(21,22)23)9-10-19(25)27/h2-11,13H,12H2,1H3,(H,24,26)/t13-/m1/s1. The first-order valence-electron chi connectivity index (χ1n) is 8.30. The molecule has 4 nitrogen and oxygen atoms in total. The number of nitrogens with one attached hydrogen (secondary N) is 1. The van der Waals surface area contributed by atoms with E-state index in [0.29, 0.717) is 12.3 Å². The summed E-state index contributed by atoms with van der Waals surface area (Å²) in [5.41, 5.74) is -0.759. The second-order valence-electron chi connectivity index (χ2n) is 6.24. The highest BCUT2D eigenvalue weighted by Gasteiger charge is 2.31. The van der Waals surface area contributed by atoms with Crippen molar-refractivity contribution < 1.29 is 18.0 Å². The monoisotopic (exact) mass is 374 g/mol. The summed E-state index contributed by atoms with van der Waals surface area (Å²) in [7, 11) is 0. The lowest BCUT2D eigenvalue weighted by atomic mass is 10.00. The van der Waals surface area contributed by atoms with Crippen LogP contribution < -0.4 is 10.9 Å². The van der Waals surface area contributed by atoms with Gasteiger partial charge >= 0.3 is 6.18 Å². The maximum absolute atomic E-state index is 12.8. The summed E-state index contributed by atoms with van der Waals surface area (Å²) in [5, 5.41) is 4.74. The van der Waals surface area contributed by atoms with Crippen molar-refractivity contribution in [2.75, 3.05) is 0 Å². The quantitative estimate of drug-likeness (QED) is 0.753. The first-order chi connectivity index (χ1) is 12.8. The minimum absolute atomic E-state index is 0.370. The van der Waals surface area contributed by atoms with Crippen molar-refractivity contribution in [1.82, 2.24) is 9.88 Å². The third-order valence-corrected chi connectivity index (χ3v) is 4.29. The molecule has 1 amide bonds. The van der Waals surface area contributed by atoms with Crippen LogP contribution in [0, 0.1) is 0 Å². The Labute approximate surface area is 153 Å². The van der Waals surface area contributed by atoms with E-state index in [4.69, 9.17) is 0 Å². The fourth-order valence-electron chi connectivity index (χ4n) is 2.97. The number of amides is 1. The number of carbonyl (C=O) groups is 1. The van der Waals surface area contributed by atoms with E-state index >= 15 is 0 Å². The van der Waals surface area contributed by atoms with Crippen LogP contribution in [0.1, 0.15) is 24.1 Å². The van der Waals surface area contributed by atoms with E-state index in [1.165, 1.54) is 0 Å². The highest BCUT2D eigenvalue weighted by atomic mass is 19.4. The van der Waals surface area contributed by atoms with Crippen LogP contribution >= 0.6 is 0 Å². The Bertz CT molecular complexity index is 1040. The Morgan fingerprint density at radius 1 is 1.07 bits per heavy atom. The van der Waals surface area contributed by atoms with Gasteiger partial charge in [0.05, 0.1) is 11.6 Å². The van der Waals surface area contributed by atoms with Crippen molar-refractivity contribution >= 4 is 16.7 Å². The Morgan fingerprint density at radius 2 is 1.78 bits per heavy atom. The molecule has 1 heterocycles. The Kier molecular flexibility index (Phi) is 5.03. The molecular formula is C20H17F3N2O2. The smallest absolute Gasteiger partial charge is 0.348 e. The van der Waals surface area contributed by atoms with E-state index in [2.05, 4.69) is 5.32 Å². The van der Waals surface area contributed by atoms with Crippen molar-refractivity contribution in [3.8, 4) is 0 Å². The number of nitrogens with zero attached hydrogens (tertiary/aromatic N) is 1. The Morgan fingerprint density at radius 3 is 2.52 bits per heavy atom. The molecule has 1 N–H and O–H groups in total. The summed E-state index contributed by atoms with van der Waals surface area (Å²) in [4.78, 5) is 24.1. The van der Waals surface area contributed by atoms with Crippen LogP contribution in [0.25, 0.3) is 10.8 Å². The van der Waals surface area contributed by atoms with Crippen molar-refractivity contribution in [3.63, 3.8) is 0 Å². The molecule has 0 unspecified atom stereocenters. The summed E-state index contributed by atoms with van der Waals surface area (Å²) in [6, 6.07) is 14.5. The number of benzene rings is 2. The molecule has 0 aliphatic rings. The highest BCUT2D eigenvalue weighted by molar-refractivity contribution is 5.86. The van der Waals surface area contributed by atoms with Gasteiger partial charge in [-0.1, -0.05) is 42.5 Å². The molecule has 0 saturated carbocycles. The normalized spacial score (nSPS) is 12.7. The maximum atomic E-state index is 12.8. The molecule has 0 bridgehead atoms. The summed E-state index contributed by atoms with van der Waals surface area (Å²) in [6.45, 7) is 1.30. The lowest BCUT2D eigenvalue weighted by Crippen LogP contribution is -2.34. The molecule has 2 aromatic carbocycles. The number of carbonyl (C=O) groups excluding carboxylic acids is 1. The summed E-state index contributed by atoms with van der Waals surface area (Å²) >= 11 is 0. The van der Waals surface area contributed by atoms with E-state index in [1.807, 2.05) is 42.5 Å². The number of fused-ring (bicyclic) bond motifs is 1. The molecular weight excluding hydrogens is 357 g/mol. The van der Waals surface area contributed by atoms with Gasteiger partial charge in [-0.15, -0.1) is 0 Å². The van der Waals surface area contributed by atoms with Crippen LogP contribution in [0.15, 0.2) is 65.6 Å². The Balaban J connectivity index is 1.79. The average molecular weight is 374 g/mol. The number of alkyl halides is 3. The molecule has 0 radical (unpaired) electrons. The minimum atomic E-state index is -4.58. The van der Waals surface area contributed by atoms with Gasteiger partial charge in [0.2, 0.25) is 5.91 Å². The fraction of sp³-hybridized carbons (Fsp3) is 0.200. The second kappa shape index (κ2) is 7.26. The van der Waals surface area contributed by atoms with Crippen LogP contribution in [0.5, 0.6) is 0 Å². The lowest BCUT2D eigenvalue weighted by Gasteiger charge is -2.17. The lowest BCUT2D eigenvalue weighted by molar-refractivity contribution is -0.138. The molecule has 0 aliphatic heterocycles. The molecule has 1 atom stereocenters. The summed E-state index contributed by atoms with van der Waals surface area (Å²) in [6.07, 6.45) is -3.92. The molecule has 1 aromatic heterocycles. The predicted octanol–water partition coefficient (Wildman–Crippen LogP) is 3.90. The van der Waals surface area contributed by atoms with Crippen LogP contribution in [0.3, 0.4) is 0 Å². The van der Waals surface area contributed by atoms with Crippen molar-refractivity contribution in [1.29, 1.82) is 0 Å². The molecule has 3 aromatic rings. The topological polar surface area (TPSA) is 51.1 Å². The van der Waals surface area contributed by atoms with Crippen LogP contribution in [0.4, 0.5) is 13.2 Å². The van der Waals surface area contributed by atoms with Crippen LogP contribution in [-0.2, 0) is 17.5 Å². The van der Waals surface area contributed by atoms with Gasteiger partial charge in [-0.25, -0.2) is 0 Å². The summed E-state index contributed by atoms with van der Waals surface area (Å²) in [5.74, 6) is -0.545. The number of hydrogen-bond donors (Lipinski definition) is 1. The minimum Gasteiger partial charge on any atom is -0.348 e. The molecule has 0 aliphatic carbocycles. The van der Waals surface area contributed by atoms with Gasteiger partial charge < -0.3 is 9.88 Å². The first-order valence-corrected chi connectivity index (χ1v) is 8.30. The third kappa shape index (κ3) is 4.19. The zero-order valence-electron chi connectivity index (χ0n) is 14.5. The highest BCUT2D eigenvalue weighted by Crippen LogP contribution is 2.28. The van der Waals surface area contributed by atoms with Crippen molar-refractivity contribution in [2.24, 2.45) is 0 Å². The van der Waals surface area contributed by atoms with E-state index in [0.717, 1.165) is 27.0 Å². The second-order valence-corrected chi connectivity index (χ2v) is 6.24. The number of hydrogen-bond acceptors (Lipinski definition) is 2. The zero-order chi connectivity index (χ0) is 19.6. The van der Waals surface area contributed by atoms with Gasteiger partial charge in [-0.2, -0.15) is 13.2 Å². The van der Waals surface area contributed by atoms with Gasteiger partial charge in [0.15, 0.2) is 0 Å². The van der Waals surface area contributed by atoms with Crippen LogP contribution in [0.2, 0.25) is 0 Å². The van der Waals surface area contributed by atoms with Gasteiger partial charge in [0.1, 0.15) is 6.54 Å². The van der Waals surface area contributed by atoms with Gasteiger partial charge in [0.25, 0.3) is 5.56 Å². The van der Waals surface area contributed by atoms with E-state index in [1.54, 1.807) is 6.92 Å². The van der Waals surface area contributed by atoms with E-state index < -0.39 is 29.8 Å². The van der Waals surface area contributed by atoms with Gasteiger partial charge in [0, 0.05) is 12.3 Å². The number of aromatic nitrogens is 1. The molecule has 140 valence electrons. The number of rotatable bonds is 4. The van der Waals surface area contributed by atoms with Crippen LogP contribution in [-0.4, -0.2) is 10.5 Å². The fourth-order valence-corrected chi connectivity index (χ4v) is 2.97. The summed E-state index contributed by atoms with van der Waals surface area (Å²) < 4.78 is 39.2. The molecule has 3 rings (SSSR count). The molecule has 7 heteroatoms. The van der Waals surface area contributed by atoms with Crippen molar-refractivity contribution in [3.05, 3.63) is 82.3 Å². The Hall–Kier alpha value is -3.09. The van der Waals surface area contributed by atoms with E-state index in [9.17, 15) is 22.8 Å². The predicted molar refractivity (Wildman–Crippen MR) is 96.2 cm³/mol. The number of pyridine rings is 1. The van der Waals surface area contributed by atoms with E-state index in [-0.39, 0.29) is 6.04 Å². The van der Waals surface area contributed by atoms with Gasteiger partial charge in [-0.05, 0) is 29.3 Å². The molecule has 0 spiro atoms. The largest absolute Gasteiger partial charge is 0.417 e. The third-order valence-electron chi connectivity index (χ3n) is 4.29. The van der Waals surface area contributed by atoms with Crippen molar-refractivity contribution in [2.45, 2.75) is 25.7 Å². The molecule has 27 heavy (non-hydrogen) atoms. The SMILES string of the molecule is C[C@@H](NC(=O)Cn1cc(C(F)(F)F)ccc1=O)c1cccc2ccccc12. The maximum Gasteiger partial charge on any atom is 0.417 e.